The summed E-state index contributed by atoms with van der Waals surface area (Å²) >= 11 is 3.54. The van der Waals surface area contributed by atoms with Crippen molar-refractivity contribution < 1.29 is 14.0 Å². The number of ketones is 1. The molecule has 2 aromatic carbocycles. The highest BCUT2D eigenvalue weighted by atomic mass is 79.9. The molecule has 4 unspecified atom stereocenters. The fourth-order valence-corrected chi connectivity index (χ4v) is 8.12. The molecule has 5 heteroatoms. The van der Waals surface area contributed by atoms with Crippen LogP contribution in [0.25, 0.3) is 0 Å². The van der Waals surface area contributed by atoms with Crippen molar-refractivity contribution >= 4 is 41.1 Å². The SMILES string of the molecule is CC(CCCC1(C)OC1CCC(=O)C(Br)O[SiH](c1ccccc1)c1ccccc1)CC(C)(C)C. The molecule has 186 valence electrons. The minimum atomic E-state index is -1.96. The van der Waals surface area contributed by atoms with Gasteiger partial charge in [0.25, 0.3) is 0 Å². The Bertz CT molecular complexity index is 859. The van der Waals surface area contributed by atoms with Crippen molar-refractivity contribution in [1.82, 2.24) is 0 Å². The number of epoxide rings is 1. The molecular formula is C29H41BrO3Si. The molecule has 0 aliphatic carbocycles. The zero-order chi connectivity index (χ0) is 24.8. The predicted octanol–water partition coefficient (Wildman–Crippen LogP) is 6.01. The highest BCUT2D eigenvalue weighted by Crippen LogP contribution is 2.44. The van der Waals surface area contributed by atoms with Gasteiger partial charge in [-0.05, 0) is 47.9 Å². The Morgan fingerprint density at radius 1 is 1.09 bits per heavy atom. The summed E-state index contributed by atoms with van der Waals surface area (Å²) in [5.74, 6) is 0.834. The third-order valence-electron chi connectivity index (χ3n) is 6.73. The molecule has 1 aliphatic rings. The first kappa shape index (κ1) is 27.3. The van der Waals surface area contributed by atoms with Crippen LogP contribution in [0.1, 0.15) is 73.1 Å². The largest absolute Gasteiger partial charge is 0.392 e. The summed E-state index contributed by atoms with van der Waals surface area (Å²) in [5.41, 5.74) is 0.329. The Hall–Kier alpha value is -1.27. The number of carbonyl (C=O) groups excluding carboxylic acids is 1. The van der Waals surface area contributed by atoms with Gasteiger partial charge >= 0.3 is 0 Å². The van der Waals surface area contributed by atoms with E-state index < -0.39 is 14.1 Å². The standard InChI is InChI=1S/C29H41BrO3Si/c1-22(21-28(2,3)4)13-12-20-29(5)26(32-29)19-18-25(31)27(30)33-34(23-14-8-6-9-15-23)24-16-10-7-11-17-24/h6-11,14-17,22,26-27,34H,12-13,18-21H2,1-5H3. The summed E-state index contributed by atoms with van der Waals surface area (Å²) in [6.07, 6.45) is 6.18. The van der Waals surface area contributed by atoms with Crippen LogP contribution in [0, 0.1) is 11.3 Å². The lowest BCUT2D eigenvalue weighted by Gasteiger charge is -2.23. The van der Waals surface area contributed by atoms with E-state index in [0.29, 0.717) is 11.8 Å². The number of hydrogen-bond donors (Lipinski definition) is 0. The van der Waals surface area contributed by atoms with E-state index in [9.17, 15) is 4.79 Å². The molecule has 0 radical (unpaired) electrons. The highest BCUT2D eigenvalue weighted by Gasteiger charge is 2.51. The molecule has 1 fully saturated rings. The number of benzene rings is 2. The molecule has 0 saturated carbocycles. The van der Waals surface area contributed by atoms with Gasteiger partial charge in [0.1, 0.15) is 0 Å². The summed E-state index contributed by atoms with van der Waals surface area (Å²) in [4.78, 5) is 12.9. The van der Waals surface area contributed by atoms with Crippen LogP contribution in [-0.4, -0.2) is 31.5 Å². The van der Waals surface area contributed by atoms with Crippen molar-refractivity contribution in [3.63, 3.8) is 0 Å². The van der Waals surface area contributed by atoms with E-state index in [0.717, 1.165) is 18.8 Å². The van der Waals surface area contributed by atoms with Crippen LogP contribution in [0.4, 0.5) is 0 Å². The van der Waals surface area contributed by atoms with Gasteiger partial charge in [-0.15, -0.1) is 0 Å². The lowest BCUT2D eigenvalue weighted by atomic mass is 9.83. The molecule has 0 bridgehead atoms. The number of alkyl halides is 1. The van der Waals surface area contributed by atoms with E-state index in [2.05, 4.69) is 74.8 Å². The number of halogens is 1. The van der Waals surface area contributed by atoms with Gasteiger partial charge in [-0.25, -0.2) is 0 Å². The molecule has 3 nitrogen and oxygen atoms in total. The molecule has 2 aromatic rings. The van der Waals surface area contributed by atoms with Crippen molar-refractivity contribution in [2.75, 3.05) is 0 Å². The lowest BCUT2D eigenvalue weighted by Crippen LogP contribution is -2.47. The fourth-order valence-electron chi connectivity index (χ4n) is 5.01. The number of Topliss-reactive ketones (excluding diaryl/α,β-unsaturated/α-hetero) is 1. The first-order chi connectivity index (χ1) is 16.1. The van der Waals surface area contributed by atoms with Crippen LogP contribution in [0.2, 0.25) is 0 Å². The van der Waals surface area contributed by atoms with E-state index in [1.54, 1.807) is 0 Å². The Kier molecular flexibility index (Phi) is 9.73. The molecule has 3 rings (SSSR count). The van der Waals surface area contributed by atoms with E-state index in [4.69, 9.17) is 9.16 Å². The number of hydrogen-bond acceptors (Lipinski definition) is 3. The second-order valence-corrected chi connectivity index (χ2v) is 14.5. The van der Waals surface area contributed by atoms with Gasteiger partial charge in [0.15, 0.2) is 10.8 Å². The van der Waals surface area contributed by atoms with Gasteiger partial charge in [0, 0.05) is 6.42 Å². The number of ether oxygens (including phenoxy) is 1. The first-order valence-corrected chi connectivity index (χ1v) is 15.2. The second-order valence-electron chi connectivity index (χ2n) is 11.3. The smallest absolute Gasteiger partial charge is 0.242 e. The van der Waals surface area contributed by atoms with E-state index in [1.165, 1.54) is 29.6 Å². The van der Waals surface area contributed by atoms with Crippen molar-refractivity contribution in [3.8, 4) is 0 Å². The quantitative estimate of drug-likeness (QED) is 0.176. The van der Waals surface area contributed by atoms with Gasteiger partial charge in [-0.1, -0.05) is 117 Å². The van der Waals surface area contributed by atoms with Gasteiger partial charge in [-0.3, -0.25) is 4.79 Å². The Balaban J connectivity index is 1.45. The molecule has 0 amide bonds. The van der Waals surface area contributed by atoms with Gasteiger partial charge in [0.2, 0.25) is 9.04 Å². The van der Waals surface area contributed by atoms with Crippen molar-refractivity contribution in [2.45, 2.75) is 89.9 Å². The number of rotatable bonds is 13. The summed E-state index contributed by atoms with van der Waals surface area (Å²) in [6, 6.07) is 20.5. The molecule has 1 aliphatic heterocycles. The molecule has 1 saturated heterocycles. The maximum Gasteiger partial charge on any atom is 0.242 e. The highest BCUT2D eigenvalue weighted by molar-refractivity contribution is 9.09. The molecule has 1 heterocycles. The van der Waals surface area contributed by atoms with E-state index >= 15 is 0 Å². The Morgan fingerprint density at radius 3 is 2.18 bits per heavy atom. The zero-order valence-corrected chi connectivity index (χ0v) is 24.2. The van der Waals surface area contributed by atoms with E-state index in [1.807, 2.05) is 36.4 Å². The molecule has 34 heavy (non-hydrogen) atoms. The van der Waals surface area contributed by atoms with Crippen molar-refractivity contribution in [2.24, 2.45) is 11.3 Å². The minimum absolute atomic E-state index is 0.0598. The summed E-state index contributed by atoms with van der Waals surface area (Å²) in [5, 5.41) is 1.75. The van der Waals surface area contributed by atoms with Crippen LogP contribution in [0.15, 0.2) is 60.7 Å². The molecule has 0 spiro atoms. The van der Waals surface area contributed by atoms with Crippen molar-refractivity contribution in [3.05, 3.63) is 60.7 Å². The fraction of sp³-hybridized carbons (Fsp3) is 0.552. The lowest BCUT2D eigenvalue weighted by molar-refractivity contribution is -0.122. The summed E-state index contributed by atoms with van der Waals surface area (Å²) < 4.78 is 12.4. The molecule has 0 N–H and O–H groups in total. The molecule has 4 atom stereocenters. The van der Waals surface area contributed by atoms with Crippen LogP contribution < -0.4 is 10.4 Å². The monoisotopic (exact) mass is 544 g/mol. The first-order valence-electron chi connectivity index (χ1n) is 12.7. The van der Waals surface area contributed by atoms with Crippen LogP contribution >= 0.6 is 15.9 Å². The Morgan fingerprint density at radius 2 is 1.65 bits per heavy atom. The van der Waals surface area contributed by atoms with Crippen LogP contribution in [-0.2, 0) is 14.0 Å². The molecule has 0 aromatic heterocycles. The third kappa shape index (κ3) is 8.44. The zero-order valence-electron chi connectivity index (χ0n) is 21.4. The average Bonchev–Trinajstić information content (AvgIpc) is 3.45. The predicted molar refractivity (Wildman–Crippen MR) is 148 cm³/mol. The maximum atomic E-state index is 12.9. The third-order valence-corrected chi connectivity index (χ3v) is 10.4. The van der Waals surface area contributed by atoms with Crippen LogP contribution in [0.3, 0.4) is 0 Å². The molecular weight excluding hydrogens is 504 g/mol. The summed E-state index contributed by atoms with van der Waals surface area (Å²) in [7, 11) is -1.96. The summed E-state index contributed by atoms with van der Waals surface area (Å²) in [6.45, 7) is 11.5. The second kappa shape index (κ2) is 12.1. The topological polar surface area (TPSA) is 38.8 Å². The van der Waals surface area contributed by atoms with Gasteiger partial charge < -0.3 is 9.16 Å². The normalized spacial score (nSPS) is 21.9. The van der Waals surface area contributed by atoms with Crippen molar-refractivity contribution in [1.29, 1.82) is 0 Å². The number of carbonyl (C=O) groups is 1. The van der Waals surface area contributed by atoms with Gasteiger partial charge in [-0.2, -0.15) is 0 Å². The average molecular weight is 546 g/mol. The minimum Gasteiger partial charge on any atom is -0.392 e. The van der Waals surface area contributed by atoms with E-state index in [-0.39, 0.29) is 17.5 Å². The maximum absolute atomic E-state index is 12.9. The van der Waals surface area contributed by atoms with Gasteiger partial charge in [0.05, 0.1) is 11.7 Å². The Labute approximate surface area is 216 Å². The van der Waals surface area contributed by atoms with Crippen LogP contribution in [0.5, 0.6) is 0 Å².